The lowest BCUT2D eigenvalue weighted by Gasteiger charge is -2.16. The van der Waals surface area contributed by atoms with Crippen molar-refractivity contribution in [1.82, 2.24) is 0 Å². The summed E-state index contributed by atoms with van der Waals surface area (Å²) in [5.74, 6) is -3.46. The van der Waals surface area contributed by atoms with Crippen LogP contribution < -0.4 is 10.2 Å². The van der Waals surface area contributed by atoms with Crippen LogP contribution in [0, 0.1) is 23.4 Å². The maximum absolute atomic E-state index is 13.1. The maximum Gasteiger partial charge on any atom is 0.229 e. The molecule has 0 spiro atoms. The van der Waals surface area contributed by atoms with Gasteiger partial charge in [0, 0.05) is 30.4 Å². The highest BCUT2D eigenvalue weighted by atomic mass is 19.1. The molecule has 2 aromatic carbocycles. The third kappa shape index (κ3) is 3.40. The molecule has 24 heavy (non-hydrogen) atoms. The summed E-state index contributed by atoms with van der Waals surface area (Å²) < 4.78 is 39.3. The third-order valence-electron chi connectivity index (χ3n) is 3.76. The van der Waals surface area contributed by atoms with E-state index in [0.29, 0.717) is 11.8 Å². The minimum absolute atomic E-state index is 0.00909. The van der Waals surface area contributed by atoms with E-state index >= 15 is 0 Å². The molecule has 0 radical (unpaired) electrons. The molecule has 124 valence electrons. The van der Waals surface area contributed by atoms with Crippen molar-refractivity contribution in [2.45, 2.75) is 6.42 Å². The van der Waals surface area contributed by atoms with Crippen molar-refractivity contribution in [2.24, 2.45) is 5.92 Å². The SMILES string of the molecule is O=C(Nc1cc(F)cc(F)c1)[C@H]1CC(=O)N(c2ccc(F)cc2)C1. The van der Waals surface area contributed by atoms with E-state index in [2.05, 4.69) is 5.32 Å². The average Bonchev–Trinajstić information content (AvgIpc) is 2.89. The van der Waals surface area contributed by atoms with Crippen molar-refractivity contribution < 1.29 is 22.8 Å². The molecule has 1 aliphatic rings. The number of benzene rings is 2. The van der Waals surface area contributed by atoms with E-state index in [1.807, 2.05) is 0 Å². The van der Waals surface area contributed by atoms with Gasteiger partial charge in [-0.1, -0.05) is 0 Å². The van der Waals surface area contributed by atoms with Crippen molar-refractivity contribution in [3.05, 3.63) is 59.9 Å². The Labute approximate surface area is 135 Å². The number of amides is 2. The third-order valence-corrected chi connectivity index (χ3v) is 3.76. The molecular weight excluding hydrogens is 321 g/mol. The van der Waals surface area contributed by atoms with Gasteiger partial charge in [-0.05, 0) is 36.4 Å². The molecule has 0 aliphatic carbocycles. The molecule has 2 amide bonds. The van der Waals surface area contributed by atoms with Crippen LogP contribution in [0.15, 0.2) is 42.5 Å². The van der Waals surface area contributed by atoms with E-state index in [9.17, 15) is 22.8 Å². The molecule has 1 N–H and O–H groups in total. The summed E-state index contributed by atoms with van der Waals surface area (Å²) in [6.45, 7) is 0.119. The highest BCUT2D eigenvalue weighted by molar-refractivity contribution is 6.03. The Morgan fingerprint density at radius 2 is 1.62 bits per heavy atom. The van der Waals surface area contributed by atoms with Gasteiger partial charge in [0.25, 0.3) is 0 Å². The summed E-state index contributed by atoms with van der Waals surface area (Å²) in [6.07, 6.45) is -0.0268. The van der Waals surface area contributed by atoms with Crippen LogP contribution in [0.1, 0.15) is 6.42 Å². The molecule has 0 unspecified atom stereocenters. The number of anilines is 2. The Balaban J connectivity index is 1.70. The van der Waals surface area contributed by atoms with Crippen LogP contribution in [-0.4, -0.2) is 18.4 Å². The molecule has 0 aromatic heterocycles. The van der Waals surface area contributed by atoms with E-state index in [1.54, 1.807) is 0 Å². The van der Waals surface area contributed by atoms with Crippen molar-refractivity contribution in [1.29, 1.82) is 0 Å². The van der Waals surface area contributed by atoms with Gasteiger partial charge >= 0.3 is 0 Å². The maximum atomic E-state index is 13.1. The molecule has 0 saturated carbocycles. The Hall–Kier alpha value is -2.83. The quantitative estimate of drug-likeness (QED) is 0.938. The molecule has 2 aromatic rings. The number of carbonyl (C=O) groups is 2. The summed E-state index contributed by atoms with van der Waals surface area (Å²) in [5.41, 5.74) is 0.485. The van der Waals surface area contributed by atoms with Gasteiger partial charge in [0.15, 0.2) is 0 Å². The Bertz CT molecular complexity index is 773. The predicted molar refractivity (Wildman–Crippen MR) is 81.8 cm³/mol. The minimum Gasteiger partial charge on any atom is -0.326 e. The number of hydrogen-bond acceptors (Lipinski definition) is 2. The molecule has 1 aliphatic heterocycles. The van der Waals surface area contributed by atoms with Gasteiger partial charge in [-0.3, -0.25) is 9.59 Å². The van der Waals surface area contributed by atoms with Gasteiger partial charge in [0.05, 0.1) is 5.92 Å². The summed E-state index contributed by atoms with van der Waals surface area (Å²) in [4.78, 5) is 25.7. The zero-order chi connectivity index (χ0) is 17.3. The van der Waals surface area contributed by atoms with Crippen molar-refractivity contribution in [2.75, 3.05) is 16.8 Å². The van der Waals surface area contributed by atoms with E-state index in [1.165, 1.54) is 29.2 Å². The first-order chi connectivity index (χ1) is 11.4. The van der Waals surface area contributed by atoms with E-state index < -0.39 is 29.3 Å². The molecule has 4 nitrogen and oxygen atoms in total. The zero-order valence-corrected chi connectivity index (χ0v) is 12.4. The normalized spacial score (nSPS) is 17.2. The fraction of sp³-hybridized carbons (Fsp3) is 0.176. The van der Waals surface area contributed by atoms with E-state index in [0.717, 1.165) is 12.1 Å². The fourth-order valence-corrected chi connectivity index (χ4v) is 2.62. The first-order valence-corrected chi connectivity index (χ1v) is 7.25. The van der Waals surface area contributed by atoms with Gasteiger partial charge < -0.3 is 10.2 Å². The number of nitrogens with zero attached hydrogens (tertiary/aromatic N) is 1. The van der Waals surface area contributed by atoms with Crippen LogP contribution in [0.2, 0.25) is 0 Å². The van der Waals surface area contributed by atoms with Crippen LogP contribution in [0.4, 0.5) is 24.5 Å². The predicted octanol–water partition coefficient (Wildman–Crippen LogP) is 3.10. The molecule has 1 heterocycles. The summed E-state index contributed by atoms with van der Waals surface area (Å²) >= 11 is 0. The minimum atomic E-state index is -0.805. The van der Waals surface area contributed by atoms with Crippen LogP contribution in [0.5, 0.6) is 0 Å². The van der Waals surface area contributed by atoms with Crippen molar-refractivity contribution in [3.63, 3.8) is 0 Å². The number of nitrogens with one attached hydrogen (secondary N) is 1. The van der Waals surface area contributed by atoms with E-state index in [-0.39, 0.29) is 24.6 Å². The second-order valence-corrected chi connectivity index (χ2v) is 5.53. The van der Waals surface area contributed by atoms with Crippen LogP contribution in [0.25, 0.3) is 0 Å². The Kier molecular flexibility index (Phi) is 4.24. The monoisotopic (exact) mass is 334 g/mol. The summed E-state index contributed by atoms with van der Waals surface area (Å²) in [5, 5.41) is 2.41. The van der Waals surface area contributed by atoms with Crippen LogP contribution in [-0.2, 0) is 9.59 Å². The van der Waals surface area contributed by atoms with Gasteiger partial charge in [-0.25, -0.2) is 13.2 Å². The molecule has 3 rings (SSSR count). The molecule has 1 saturated heterocycles. The lowest BCUT2D eigenvalue weighted by Crippen LogP contribution is -2.28. The molecule has 1 fully saturated rings. The standard InChI is InChI=1S/C17H13F3N2O2/c18-11-1-3-15(4-2-11)22-9-10(5-16(22)23)17(24)21-14-7-12(19)6-13(20)8-14/h1-4,6-8,10H,5,9H2,(H,21,24)/t10-/m0/s1. The largest absolute Gasteiger partial charge is 0.326 e. The Morgan fingerprint density at radius 1 is 1.00 bits per heavy atom. The molecule has 7 heteroatoms. The molecule has 1 atom stereocenters. The number of halogens is 3. The Morgan fingerprint density at radius 3 is 2.25 bits per heavy atom. The van der Waals surface area contributed by atoms with E-state index in [4.69, 9.17) is 0 Å². The van der Waals surface area contributed by atoms with Crippen molar-refractivity contribution >= 4 is 23.2 Å². The summed E-state index contributed by atoms with van der Waals surface area (Å²) in [7, 11) is 0. The summed E-state index contributed by atoms with van der Waals surface area (Å²) in [6, 6.07) is 8.05. The second kappa shape index (κ2) is 6.35. The average molecular weight is 334 g/mol. The second-order valence-electron chi connectivity index (χ2n) is 5.53. The topological polar surface area (TPSA) is 49.4 Å². The van der Waals surface area contributed by atoms with Gasteiger partial charge in [-0.2, -0.15) is 0 Å². The first kappa shape index (κ1) is 16.0. The number of carbonyl (C=O) groups excluding carboxylic acids is 2. The molecule has 0 bridgehead atoms. The number of hydrogen-bond donors (Lipinski definition) is 1. The first-order valence-electron chi connectivity index (χ1n) is 7.25. The fourth-order valence-electron chi connectivity index (χ4n) is 2.62. The van der Waals surface area contributed by atoms with Crippen LogP contribution >= 0.6 is 0 Å². The van der Waals surface area contributed by atoms with Crippen LogP contribution in [0.3, 0.4) is 0 Å². The highest BCUT2D eigenvalue weighted by Gasteiger charge is 2.35. The lowest BCUT2D eigenvalue weighted by molar-refractivity contribution is -0.122. The molecular formula is C17H13F3N2O2. The zero-order valence-electron chi connectivity index (χ0n) is 12.4. The number of rotatable bonds is 3. The van der Waals surface area contributed by atoms with Gasteiger partial charge in [0.2, 0.25) is 11.8 Å². The van der Waals surface area contributed by atoms with Gasteiger partial charge in [-0.15, -0.1) is 0 Å². The van der Waals surface area contributed by atoms with Crippen molar-refractivity contribution in [3.8, 4) is 0 Å². The smallest absolute Gasteiger partial charge is 0.229 e. The highest BCUT2D eigenvalue weighted by Crippen LogP contribution is 2.26. The lowest BCUT2D eigenvalue weighted by atomic mass is 10.1. The van der Waals surface area contributed by atoms with Gasteiger partial charge in [0.1, 0.15) is 17.5 Å².